The normalized spacial score (nSPS) is 17.0. The van der Waals surface area contributed by atoms with Crippen molar-refractivity contribution in [3.63, 3.8) is 0 Å². The van der Waals surface area contributed by atoms with E-state index in [4.69, 9.17) is 21.1 Å². The van der Waals surface area contributed by atoms with Crippen LogP contribution >= 0.6 is 22.9 Å². The number of thiophene rings is 1. The molecule has 1 atom stereocenters. The zero-order valence-electron chi connectivity index (χ0n) is 14.6. The maximum Gasteiger partial charge on any atom is 0.193 e. The van der Waals surface area contributed by atoms with Crippen LogP contribution in [-0.4, -0.2) is 30.0 Å². The van der Waals surface area contributed by atoms with Crippen molar-refractivity contribution in [1.82, 2.24) is 0 Å². The zero-order valence-corrected chi connectivity index (χ0v) is 16.1. The molecule has 6 heteroatoms. The second kappa shape index (κ2) is 9.67. The summed E-state index contributed by atoms with van der Waals surface area (Å²) in [5.41, 5.74) is 0.296. The van der Waals surface area contributed by atoms with Gasteiger partial charge in [-0.15, -0.1) is 11.3 Å². The first-order chi connectivity index (χ1) is 12.1. The molecule has 1 aliphatic rings. The molecule has 2 aromatic rings. The largest absolute Gasteiger partial charge is 0.396 e. The van der Waals surface area contributed by atoms with Crippen LogP contribution in [0.4, 0.5) is 0 Å². The Kier molecular flexibility index (Phi) is 7.87. The molecule has 1 fully saturated rings. The van der Waals surface area contributed by atoms with Crippen LogP contribution in [0.1, 0.15) is 49.0 Å². The van der Waals surface area contributed by atoms with Gasteiger partial charge in [-0.05, 0) is 47.5 Å². The van der Waals surface area contributed by atoms with E-state index < -0.39 is 5.60 Å². The molecular formula is C19H25ClO4S. The molecule has 0 aliphatic carbocycles. The fourth-order valence-electron chi connectivity index (χ4n) is 2.75. The van der Waals surface area contributed by atoms with Crippen LogP contribution < -0.4 is 0 Å². The van der Waals surface area contributed by atoms with Crippen molar-refractivity contribution < 1.29 is 19.7 Å². The molecule has 3 rings (SSSR count). The second-order valence-electron chi connectivity index (χ2n) is 5.51. The Labute approximate surface area is 158 Å². The average Bonchev–Trinajstić information content (AvgIpc) is 3.32. The first-order valence-electron chi connectivity index (χ1n) is 8.55. The monoisotopic (exact) mass is 384 g/mol. The molecule has 1 aliphatic heterocycles. The Morgan fingerprint density at radius 3 is 2.56 bits per heavy atom. The SMILES string of the molecule is CC.OCCCC(O)(c1cccc(Cl)c1)c1csc(C2OCCO2)c1. The highest BCUT2D eigenvalue weighted by atomic mass is 35.5. The standard InChI is InChI=1S/C17H19ClO4S.C2H6/c18-14-4-1-3-12(9-14)17(20,5-2-6-19)13-10-15(23-11-13)16-21-7-8-22-16;1-2/h1,3-4,9-11,16,19-20H,2,5-8H2;1-2H3. The van der Waals surface area contributed by atoms with Crippen LogP contribution in [-0.2, 0) is 15.1 Å². The Bertz CT molecular complexity index is 654. The van der Waals surface area contributed by atoms with E-state index in [0.717, 1.165) is 16.0 Å². The Hall–Kier alpha value is -0.950. The van der Waals surface area contributed by atoms with Crippen molar-refractivity contribution in [2.45, 2.75) is 38.6 Å². The van der Waals surface area contributed by atoms with Gasteiger partial charge in [0.2, 0.25) is 0 Å². The molecule has 1 saturated heterocycles. The molecule has 1 aromatic heterocycles. The second-order valence-corrected chi connectivity index (χ2v) is 6.89. The first kappa shape index (κ1) is 20.4. The average molecular weight is 385 g/mol. The lowest BCUT2D eigenvalue weighted by Crippen LogP contribution is -2.27. The molecule has 25 heavy (non-hydrogen) atoms. The highest BCUT2D eigenvalue weighted by molar-refractivity contribution is 7.10. The molecule has 1 aromatic carbocycles. The number of aliphatic hydroxyl groups is 2. The third-order valence-corrected chi connectivity index (χ3v) is 5.14. The summed E-state index contributed by atoms with van der Waals surface area (Å²) >= 11 is 7.58. The van der Waals surface area contributed by atoms with Crippen molar-refractivity contribution in [3.8, 4) is 0 Å². The van der Waals surface area contributed by atoms with Gasteiger partial charge in [-0.25, -0.2) is 0 Å². The third-order valence-electron chi connectivity index (χ3n) is 3.95. The molecule has 2 heterocycles. The fourth-order valence-corrected chi connectivity index (χ4v) is 3.91. The van der Waals surface area contributed by atoms with Crippen LogP contribution in [0.15, 0.2) is 35.7 Å². The minimum Gasteiger partial charge on any atom is -0.396 e. The zero-order chi connectivity index (χ0) is 18.3. The topological polar surface area (TPSA) is 58.9 Å². The molecule has 0 spiro atoms. The Morgan fingerprint density at radius 2 is 1.92 bits per heavy atom. The highest BCUT2D eigenvalue weighted by Crippen LogP contribution is 2.39. The van der Waals surface area contributed by atoms with Gasteiger partial charge in [0.25, 0.3) is 0 Å². The van der Waals surface area contributed by atoms with E-state index in [9.17, 15) is 10.2 Å². The van der Waals surface area contributed by atoms with Crippen molar-refractivity contribution in [2.24, 2.45) is 0 Å². The summed E-state index contributed by atoms with van der Waals surface area (Å²) in [6, 6.07) is 9.12. The Balaban J connectivity index is 0.00000109. The maximum absolute atomic E-state index is 11.3. The van der Waals surface area contributed by atoms with Crippen molar-refractivity contribution in [2.75, 3.05) is 19.8 Å². The molecule has 138 valence electrons. The van der Waals surface area contributed by atoms with Gasteiger partial charge in [0.05, 0.1) is 18.1 Å². The van der Waals surface area contributed by atoms with Crippen molar-refractivity contribution in [1.29, 1.82) is 0 Å². The first-order valence-corrected chi connectivity index (χ1v) is 9.80. The fraction of sp³-hybridized carbons (Fsp3) is 0.474. The lowest BCUT2D eigenvalue weighted by atomic mass is 9.84. The van der Waals surface area contributed by atoms with Gasteiger partial charge in [-0.1, -0.05) is 37.6 Å². The van der Waals surface area contributed by atoms with E-state index in [2.05, 4.69) is 0 Å². The predicted octanol–water partition coefficient (Wildman–Crippen LogP) is 4.48. The molecule has 4 nitrogen and oxygen atoms in total. The van der Waals surface area contributed by atoms with Gasteiger partial charge in [-0.2, -0.15) is 0 Å². The molecule has 0 saturated carbocycles. The van der Waals surface area contributed by atoms with Crippen molar-refractivity contribution >= 4 is 22.9 Å². The summed E-state index contributed by atoms with van der Waals surface area (Å²) in [6.07, 6.45) is 0.548. The van der Waals surface area contributed by atoms with Gasteiger partial charge in [-0.3, -0.25) is 0 Å². The number of ether oxygens (including phenoxy) is 2. The van der Waals surface area contributed by atoms with Gasteiger partial charge < -0.3 is 19.7 Å². The number of hydrogen-bond donors (Lipinski definition) is 2. The van der Waals surface area contributed by atoms with Gasteiger partial charge >= 0.3 is 0 Å². The predicted molar refractivity (Wildman–Crippen MR) is 101 cm³/mol. The minimum atomic E-state index is -1.19. The maximum atomic E-state index is 11.3. The molecule has 0 amide bonds. The summed E-state index contributed by atoms with van der Waals surface area (Å²) in [5.74, 6) is 0. The summed E-state index contributed by atoms with van der Waals surface area (Å²) < 4.78 is 11.0. The third kappa shape index (κ3) is 4.82. The number of aliphatic hydroxyl groups excluding tert-OH is 1. The van der Waals surface area contributed by atoms with E-state index >= 15 is 0 Å². The number of hydrogen-bond acceptors (Lipinski definition) is 5. The van der Waals surface area contributed by atoms with Crippen LogP contribution in [0.2, 0.25) is 5.02 Å². The summed E-state index contributed by atoms with van der Waals surface area (Å²) in [6.45, 7) is 5.19. The molecule has 2 N–H and O–H groups in total. The number of halogens is 1. The summed E-state index contributed by atoms with van der Waals surface area (Å²) in [7, 11) is 0. The van der Waals surface area contributed by atoms with Crippen molar-refractivity contribution in [3.05, 3.63) is 56.7 Å². The smallest absolute Gasteiger partial charge is 0.193 e. The van der Waals surface area contributed by atoms with Gasteiger partial charge in [0, 0.05) is 11.6 Å². The van der Waals surface area contributed by atoms with Gasteiger partial charge in [0.1, 0.15) is 5.60 Å². The van der Waals surface area contributed by atoms with Crippen LogP contribution in [0.5, 0.6) is 0 Å². The number of benzene rings is 1. The van der Waals surface area contributed by atoms with E-state index in [1.807, 2.05) is 37.4 Å². The molecule has 0 radical (unpaired) electrons. The van der Waals surface area contributed by atoms with Crippen LogP contribution in [0, 0.1) is 0 Å². The van der Waals surface area contributed by atoms with E-state index in [-0.39, 0.29) is 12.9 Å². The van der Waals surface area contributed by atoms with Crippen LogP contribution in [0.3, 0.4) is 0 Å². The highest BCUT2D eigenvalue weighted by Gasteiger charge is 2.33. The molecule has 1 unspecified atom stereocenters. The lowest BCUT2D eigenvalue weighted by Gasteiger charge is -2.28. The quantitative estimate of drug-likeness (QED) is 0.770. The lowest BCUT2D eigenvalue weighted by molar-refractivity contribution is -0.0415. The molecular weight excluding hydrogens is 360 g/mol. The van der Waals surface area contributed by atoms with E-state index in [1.165, 1.54) is 11.3 Å². The summed E-state index contributed by atoms with van der Waals surface area (Å²) in [5, 5.41) is 23.0. The van der Waals surface area contributed by atoms with E-state index in [0.29, 0.717) is 31.1 Å². The Morgan fingerprint density at radius 1 is 1.20 bits per heavy atom. The van der Waals surface area contributed by atoms with Gasteiger partial charge in [0.15, 0.2) is 6.29 Å². The number of rotatable bonds is 6. The van der Waals surface area contributed by atoms with E-state index in [1.54, 1.807) is 12.1 Å². The molecule has 0 bridgehead atoms. The summed E-state index contributed by atoms with van der Waals surface area (Å²) in [4.78, 5) is 0.932. The van der Waals surface area contributed by atoms with Crippen LogP contribution in [0.25, 0.3) is 0 Å². The minimum absolute atomic E-state index is 0.0225.